The zero-order valence-corrected chi connectivity index (χ0v) is 18.1. The van der Waals surface area contributed by atoms with Crippen LogP contribution in [-0.4, -0.2) is 46.4 Å². The molecule has 10 heteroatoms. The SMILES string of the molecule is CN=C(NCCCc1nnc2ccccn12)NC1CCCC(C(F)(F)F)C1.I. The third-order valence-electron chi connectivity index (χ3n) is 4.96. The van der Waals surface area contributed by atoms with Crippen LogP contribution in [0.5, 0.6) is 0 Å². The number of aryl methyl sites for hydroxylation is 1. The van der Waals surface area contributed by atoms with Crippen molar-refractivity contribution >= 4 is 35.6 Å². The van der Waals surface area contributed by atoms with E-state index < -0.39 is 12.1 Å². The van der Waals surface area contributed by atoms with Gasteiger partial charge in [-0.05, 0) is 37.8 Å². The average Bonchev–Trinajstić information content (AvgIpc) is 3.07. The van der Waals surface area contributed by atoms with E-state index in [4.69, 9.17) is 0 Å². The maximum atomic E-state index is 12.9. The van der Waals surface area contributed by atoms with Gasteiger partial charge in [0.05, 0.1) is 5.92 Å². The first-order chi connectivity index (χ1) is 13.0. The number of aromatic nitrogens is 3. The second kappa shape index (κ2) is 10.3. The maximum absolute atomic E-state index is 12.9. The molecule has 6 nitrogen and oxygen atoms in total. The molecule has 0 bridgehead atoms. The normalized spacial score (nSPS) is 20.6. The molecular weight excluding hydrogens is 484 g/mol. The van der Waals surface area contributed by atoms with Crippen molar-refractivity contribution in [3.8, 4) is 0 Å². The van der Waals surface area contributed by atoms with Crippen molar-refractivity contribution in [1.29, 1.82) is 0 Å². The number of aliphatic imine (C=N–C) groups is 1. The predicted octanol–water partition coefficient (Wildman–Crippen LogP) is 3.57. The average molecular weight is 510 g/mol. The number of alkyl halides is 3. The molecule has 1 aliphatic carbocycles. The van der Waals surface area contributed by atoms with E-state index in [-0.39, 0.29) is 42.9 Å². The standard InChI is InChI=1S/C18H25F3N6.HI/c1-22-17(24-14-7-4-6-13(12-14)18(19,20)21)23-10-5-9-16-26-25-15-8-2-3-11-27(15)16;/h2-3,8,11,13-14H,4-7,9-10,12H2,1H3,(H2,22,23,24);1H. The lowest BCUT2D eigenvalue weighted by Crippen LogP contribution is -2.47. The number of rotatable bonds is 5. The Labute approximate surface area is 179 Å². The van der Waals surface area contributed by atoms with Gasteiger partial charge in [-0.2, -0.15) is 13.2 Å². The lowest BCUT2D eigenvalue weighted by molar-refractivity contribution is -0.183. The minimum atomic E-state index is -4.11. The second-order valence-corrected chi connectivity index (χ2v) is 6.89. The van der Waals surface area contributed by atoms with Crippen molar-refractivity contribution in [2.45, 2.75) is 50.7 Å². The zero-order chi connectivity index (χ0) is 19.3. The summed E-state index contributed by atoms with van der Waals surface area (Å²) in [5.74, 6) is 0.215. The third-order valence-corrected chi connectivity index (χ3v) is 4.96. The molecule has 2 unspecified atom stereocenters. The van der Waals surface area contributed by atoms with Crippen molar-refractivity contribution in [2.75, 3.05) is 13.6 Å². The molecule has 2 aromatic heterocycles. The Morgan fingerprint density at radius 3 is 2.86 bits per heavy atom. The van der Waals surface area contributed by atoms with E-state index in [0.717, 1.165) is 30.7 Å². The summed E-state index contributed by atoms with van der Waals surface area (Å²) in [6, 6.07) is 5.55. The van der Waals surface area contributed by atoms with Crippen LogP contribution in [0.15, 0.2) is 29.4 Å². The van der Waals surface area contributed by atoms with Crippen LogP contribution >= 0.6 is 24.0 Å². The third kappa shape index (κ3) is 5.95. The van der Waals surface area contributed by atoms with Crippen molar-refractivity contribution in [3.63, 3.8) is 0 Å². The van der Waals surface area contributed by atoms with E-state index in [0.29, 0.717) is 18.9 Å². The topological polar surface area (TPSA) is 66.6 Å². The molecule has 2 aromatic rings. The van der Waals surface area contributed by atoms with Gasteiger partial charge in [0.2, 0.25) is 0 Å². The molecule has 2 atom stereocenters. The van der Waals surface area contributed by atoms with Gasteiger partial charge in [0.1, 0.15) is 5.82 Å². The van der Waals surface area contributed by atoms with Gasteiger partial charge < -0.3 is 10.6 Å². The number of pyridine rings is 1. The van der Waals surface area contributed by atoms with E-state index in [1.165, 1.54) is 0 Å². The molecule has 1 fully saturated rings. The van der Waals surface area contributed by atoms with Gasteiger partial charge in [-0.3, -0.25) is 9.39 Å². The number of nitrogens with zero attached hydrogens (tertiary/aromatic N) is 4. The fraction of sp³-hybridized carbons (Fsp3) is 0.611. The molecular formula is C18H26F3IN6. The van der Waals surface area contributed by atoms with E-state index in [9.17, 15) is 13.2 Å². The Kier molecular flexibility index (Phi) is 8.32. The number of hydrogen-bond acceptors (Lipinski definition) is 3. The van der Waals surface area contributed by atoms with Crippen molar-refractivity contribution in [1.82, 2.24) is 25.2 Å². The van der Waals surface area contributed by atoms with Gasteiger partial charge in [-0.25, -0.2) is 0 Å². The molecule has 0 amide bonds. The second-order valence-electron chi connectivity index (χ2n) is 6.89. The first-order valence-corrected chi connectivity index (χ1v) is 9.30. The molecule has 0 aromatic carbocycles. The fourth-order valence-corrected chi connectivity index (χ4v) is 3.52. The highest BCUT2D eigenvalue weighted by Crippen LogP contribution is 2.37. The molecule has 0 aliphatic heterocycles. The van der Waals surface area contributed by atoms with Crippen LogP contribution in [0.3, 0.4) is 0 Å². The molecule has 2 N–H and O–H groups in total. The van der Waals surface area contributed by atoms with Gasteiger partial charge in [0.25, 0.3) is 0 Å². The summed E-state index contributed by atoms with van der Waals surface area (Å²) in [5, 5.41) is 14.6. The maximum Gasteiger partial charge on any atom is 0.391 e. The highest BCUT2D eigenvalue weighted by atomic mass is 127. The quantitative estimate of drug-likeness (QED) is 0.280. The van der Waals surface area contributed by atoms with Gasteiger partial charge in [0, 0.05) is 32.3 Å². The van der Waals surface area contributed by atoms with Gasteiger partial charge in [0.15, 0.2) is 11.6 Å². The van der Waals surface area contributed by atoms with E-state index in [2.05, 4.69) is 25.8 Å². The van der Waals surface area contributed by atoms with Gasteiger partial charge >= 0.3 is 6.18 Å². The highest BCUT2D eigenvalue weighted by Gasteiger charge is 2.42. The minimum absolute atomic E-state index is 0. The summed E-state index contributed by atoms with van der Waals surface area (Å²) in [6.45, 7) is 0.650. The zero-order valence-electron chi connectivity index (χ0n) is 15.7. The first kappa shape index (κ1) is 22.7. The van der Waals surface area contributed by atoms with Crippen LogP contribution in [-0.2, 0) is 6.42 Å². The van der Waals surface area contributed by atoms with Crippen molar-refractivity contribution < 1.29 is 13.2 Å². The first-order valence-electron chi connectivity index (χ1n) is 9.30. The van der Waals surface area contributed by atoms with Crippen LogP contribution in [0, 0.1) is 5.92 Å². The summed E-state index contributed by atoms with van der Waals surface area (Å²) in [4.78, 5) is 4.13. The summed E-state index contributed by atoms with van der Waals surface area (Å²) in [7, 11) is 1.63. The summed E-state index contributed by atoms with van der Waals surface area (Å²) >= 11 is 0. The predicted molar refractivity (Wildman–Crippen MR) is 113 cm³/mol. The molecule has 3 rings (SSSR count). The lowest BCUT2D eigenvalue weighted by Gasteiger charge is -2.31. The minimum Gasteiger partial charge on any atom is -0.356 e. The lowest BCUT2D eigenvalue weighted by atomic mass is 9.85. The van der Waals surface area contributed by atoms with Crippen molar-refractivity contribution in [3.05, 3.63) is 30.2 Å². The van der Waals surface area contributed by atoms with E-state index in [1.807, 2.05) is 28.8 Å². The largest absolute Gasteiger partial charge is 0.391 e. The number of nitrogens with one attached hydrogen (secondary N) is 2. The molecule has 1 aliphatic rings. The Morgan fingerprint density at radius 2 is 2.11 bits per heavy atom. The Morgan fingerprint density at radius 1 is 1.29 bits per heavy atom. The van der Waals surface area contributed by atoms with Crippen LogP contribution < -0.4 is 10.6 Å². The fourth-order valence-electron chi connectivity index (χ4n) is 3.52. The molecule has 156 valence electrons. The van der Waals surface area contributed by atoms with E-state index in [1.54, 1.807) is 7.05 Å². The highest BCUT2D eigenvalue weighted by molar-refractivity contribution is 14.0. The van der Waals surface area contributed by atoms with Gasteiger partial charge in [-0.1, -0.05) is 12.5 Å². The van der Waals surface area contributed by atoms with Crippen LogP contribution in [0.4, 0.5) is 13.2 Å². The number of fused-ring (bicyclic) bond motifs is 1. The molecule has 28 heavy (non-hydrogen) atoms. The summed E-state index contributed by atoms with van der Waals surface area (Å²) < 4.78 is 40.8. The molecule has 0 radical (unpaired) electrons. The molecule has 2 heterocycles. The number of hydrogen-bond donors (Lipinski definition) is 2. The van der Waals surface area contributed by atoms with Crippen LogP contribution in [0.1, 0.15) is 37.9 Å². The summed E-state index contributed by atoms with van der Waals surface area (Å²) in [6.07, 6.45) is 1.02. The van der Waals surface area contributed by atoms with Crippen LogP contribution in [0.25, 0.3) is 5.65 Å². The van der Waals surface area contributed by atoms with Crippen LogP contribution in [0.2, 0.25) is 0 Å². The monoisotopic (exact) mass is 510 g/mol. The van der Waals surface area contributed by atoms with Gasteiger partial charge in [-0.15, -0.1) is 34.2 Å². The Bertz CT molecular complexity index is 776. The smallest absolute Gasteiger partial charge is 0.356 e. The number of halogens is 4. The Balaban J connectivity index is 0.00000280. The number of guanidine groups is 1. The van der Waals surface area contributed by atoms with Crippen molar-refractivity contribution in [2.24, 2.45) is 10.9 Å². The summed E-state index contributed by atoms with van der Waals surface area (Å²) in [5.41, 5.74) is 0.814. The van der Waals surface area contributed by atoms with E-state index >= 15 is 0 Å². The Hall–Kier alpha value is -1.59. The molecule has 0 spiro atoms. The molecule has 0 saturated heterocycles. The molecule has 1 saturated carbocycles.